The first-order chi connectivity index (χ1) is 16.3. The average Bonchev–Trinajstić information content (AvgIpc) is 2.81. The molecule has 4 aromatic rings. The summed E-state index contributed by atoms with van der Waals surface area (Å²) < 4.78 is 8.66. The van der Waals surface area contributed by atoms with Crippen molar-refractivity contribution in [3.63, 3.8) is 0 Å². The number of aromatic hydroxyl groups is 1. The number of carbonyl (C=O) groups excluding carboxylic acids is 1. The van der Waals surface area contributed by atoms with Crippen molar-refractivity contribution < 1.29 is 14.6 Å². The molecule has 5 rings (SSSR count). The molecule has 7 heteroatoms. The van der Waals surface area contributed by atoms with Crippen LogP contribution in [0, 0.1) is 6.92 Å². The lowest BCUT2D eigenvalue weighted by atomic mass is 9.87. The summed E-state index contributed by atoms with van der Waals surface area (Å²) in [7, 11) is 1.70. The van der Waals surface area contributed by atoms with E-state index in [2.05, 4.69) is 0 Å². The number of rotatable bonds is 4. The van der Waals surface area contributed by atoms with Crippen molar-refractivity contribution in [1.29, 1.82) is 0 Å². The van der Waals surface area contributed by atoms with Gasteiger partial charge < -0.3 is 19.0 Å². The van der Waals surface area contributed by atoms with Crippen LogP contribution in [0.2, 0.25) is 0 Å². The summed E-state index contributed by atoms with van der Waals surface area (Å²) in [6.07, 6.45) is 0.513. The number of esters is 1. The van der Waals surface area contributed by atoms with Gasteiger partial charge in [-0.05, 0) is 48.6 Å². The second-order valence-corrected chi connectivity index (χ2v) is 8.69. The Kier molecular flexibility index (Phi) is 5.32. The van der Waals surface area contributed by atoms with Gasteiger partial charge in [-0.15, -0.1) is 0 Å². The second-order valence-electron chi connectivity index (χ2n) is 8.69. The van der Waals surface area contributed by atoms with Crippen LogP contribution in [-0.4, -0.2) is 20.2 Å². The summed E-state index contributed by atoms with van der Waals surface area (Å²) in [5.41, 5.74) is 2.68. The Balaban J connectivity index is 1.63. The van der Waals surface area contributed by atoms with E-state index >= 15 is 0 Å². The van der Waals surface area contributed by atoms with Gasteiger partial charge in [-0.2, -0.15) is 0 Å². The van der Waals surface area contributed by atoms with Crippen LogP contribution in [0.5, 0.6) is 11.5 Å². The van der Waals surface area contributed by atoms with Gasteiger partial charge in [0, 0.05) is 36.8 Å². The smallest absolute Gasteiger partial charge is 0.312 e. The summed E-state index contributed by atoms with van der Waals surface area (Å²) in [5, 5.41) is 10.4. The fourth-order valence-electron chi connectivity index (χ4n) is 4.74. The molecule has 0 radical (unpaired) electrons. The van der Waals surface area contributed by atoms with Gasteiger partial charge in [0.05, 0.1) is 17.5 Å². The molecule has 0 saturated heterocycles. The van der Waals surface area contributed by atoms with Gasteiger partial charge >= 0.3 is 5.97 Å². The maximum absolute atomic E-state index is 13.7. The van der Waals surface area contributed by atoms with E-state index in [1.54, 1.807) is 47.4 Å². The molecule has 0 amide bonds. The maximum Gasteiger partial charge on any atom is 0.312 e. The predicted octanol–water partition coefficient (Wildman–Crippen LogP) is 3.40. The first-order valence-corrected chi connectivity index (χ1v) is 11.1. The fraction of sp³-hybridized carbons (Fsp3) is 0.222. The summed E-state index contributed by atoms with van der Waals surface area (Å²) in [6.45, 7) is 2.21. The standard InChI is InChI=1S/C27H24N2O5/c1-16-13-23-25(27(33)29(16)12-11-17-7-9-19(30)10-8-17)20(15-24(31)34-23)21-14-18-5-3-4-6-22(18)28(2)26(21)32/h3-10,13-14,20,30H,11-12,15H2,1-2H3. The number of nitrogens with zero attached hydrogens (tertiary/aromatic N) is 2. The zero-order valence-corrected chi connectivity index (χ0v) is 18.9. The fourth-order valence-corrected chi connectivity index (χ4v) is 4.74. The van der Waals surface area contributed by atoms with Crippen LogP contribution < -0.4 is 15.9 Å². The van der Waals surface area contributed by atoms with Crippen molar-refractivity contribution in [2.75, 3.05) is 0 Å². The van der Waals surface area contributed by atoms with Crippen molar-refractivity contribution in [2.45, 2.75) is 32.2 Å². The number of aromatic nitrogens is 2. The Labute approximate surface area is 195 Å². The molecular formula is C27H24N2O5. The number of aryl methyl sites for hydroxylation is 3. The number of fused-ring (bicyclic) bond motifs is 2. The summed E-state index contributed by atoms with van der Waals surface area (Å²) in [5.74, 6) is -0.742. The van der Waals surface area contributed by atoms with E-state index in [1.807, 2.05) is 36.4 Å². The highest BCUT2D eigenvalue weighted by atomic mass is 16.5. The Morgan fingerprint density at radius 3 is 2.50 bits per heavy atom. The van der Waals surface area contributed by atoms with E-state index in [0.717, 1.165) is 16.5 Å². The van der Waals surface area contributed by atoms with Crippen LogP contribution in [-0.2, 0) is 24.8 Å². The SMILES string of the molecule is Cc1cc2c(c(=O)n1CCc1ccc(O)cc1)C(c1cc3ccccc3n(C)c1=O)CC(=O)O2. The van der Waals surface area contributed by atoms with Gasteiger partial charge in [0.15, 0.2) is 0 Å². The molecule has 1 aliphatic heterocycles. The van der Waals surface area contributed by atoms with E-state index in [4.69, 9.17) is 4.74 Å². The van der Waals surface area contributed by atoms with Crippen LogP contribution in [0.15, 0.2) is 70.3 Å². The third kappa shape index (κ3) is 3.69. The molecule has 2 aromatic heterocycles. The Morgan fingerprint density at radius 2 is 1.74 bits per heavy atom. The number of carbonyl (C=O) groups is 1. The maximum atomic E-state index is 13.7. The first kappa shape index (κ1) is 21.7. The highest BCUT2D eigenvalue weighted by molar-refractivity contribution is 5.81. The third-order valence-corrected chi connectivity index (χ3v) is 6.55. The molecule has 0 spiro atoms. The molecule has 0 aliphatic carbocycles. The van der Waals surface area contributed by atoms with Gasteiger partial charge in [0.25, 0.3) is 11.1 Å². The highest BCUT2D eigenvalue weighted by Gasteiger charge is 2.34. The van der Waals surface area contributed by atoms with Gasteiger partial charge in [-0.3, -0.25) is 14.4 Å². The molecular weight excluding hydrogens is 432 g/mol. The molecule has 1 atom stereocenters. The van der Waals surface area contributed by atoms with Crippen LogP contribution in [0.1, 0.15) is 34.7 Å². The van der Waals surface area contributed by atoms with E-state index in [1.165, 1.54) is 0 Å². The van der Waals surface area contributed by atoms with Crippen molar-refractivity contribution >= 4 is 16.9 Å². The Bertz CT molecular complexity index is 1550. The third-order valence-electron chi connectivity index (χ3n) is 6.55. The molecule has 2 aromatic carbocycles. The number of hydrogen-bond acceptors (Lipinski definition) is 5. The van der Waals surface area contributed by atoms with Crippen molar-refractivity contribution in [3.8, 4) is 11.5 Å². The van der Waals surface area contributed by atoms with Gasteiger partial charge in [0.1, 0.15) is 11.5 Å². The van der Waals surface area contributed by atoms with E-state index in [0.29, 0.717) is 29.8 Å². The predicted molar refractivity (Wildman–Crippen MR) is 129 cm³/mol. The zero-order chi connectivity index (χ0) is 24.0. The number of benzene rings is 2. The van der Waals surface area contributed by atoms with Crippen molar-refractivity contribution in [1.82, 2.24) is 9.13 Å². The monoisotopic (exact) mass is 456 g/mol. The number of phenols is 1. The topological polar surface area (TPSA) is 90.5 Å². The minimum atomic E-state index is -0.687. The molecule has 0 fully saturated rings. The lowest BCUT2D eigenvalue weighted by Crippen LogP contribution is -2.36. The first-order valence-electron chi connectivity index (χ1n) is 11.1. The molecule has 1 N–H and O–H groups in total. The molecule has 0 saturated carbocycles. The lowest BCUT2D eigenvalue weighted by molar-refractivity contribution is -0.135. The zero-order valence-electron chi connectivity index (χ0n) is 18.9. The highest BCUT2D eigenvalue weighted by Crippen LogP contribution is 2.36. The molecule has 172 valence electrons. The molecule has 7 nitrogen and oxygen atoms in total. The Hall–Kier alpha value is -4.13. The van der Waals surface area contributed by atoms with Crippen molar-refractivity contribution in [3.05, 3.63) is 104 Å². The second kappa shape index (κ2) is 8.33. The average molecular weight is 456 g/mol. The molecule has 1 aliphatic rings. The number of pyridine rings is 2. The van der Waals surface area contributed by atoms with Crippen LogP contribution in [0.25, 0.3) is 10.9 Å². The molecule has 3 heterocycles. The van der Waals surface area contributed by atoms with Gasteiger partial charge in [-0.25, -0.2) is 0 Å². The van der Waals surface area contributed by atoms with Crippen LogP contribution >= 0.6 is 0 Å². The quantitative estimate of drug-likeness (QED) is 0.476. The number of ether oxygens (including phenoxy) is 1. The normalized spacial score (nSPS) is 15.2. The summed E-state index contributed by atoms with van der Waals surface area (Å²) in [4.78, 5) is 39.4. The summed E-state index contributed by atoms with van der Waals surface area (Å²) in [6, 6.07) is 17.9. The van der Waals surface area contributed by atoms with Crippen LogP contribution in [0.3, 0.4) is 0 Å². The van der Waals surface area contributed by atoms with E-state index < -0.39 is 11.9 Å². The minimum Gasteiger partial charge on any atom is -0.508 e. The number of phenolic OH excluding ortho intramolecular Hbond substituents is 1. The van der Waals surface area contributed by atoms with Gasteiger partial charge in [-0.1, -0.05) is 30.3 Å². The molecule has 1 unspecified atom stereocenters. The number of hydrogen-bond donors (Lipinski definition) is 1. The van der Waals surface area contributed by atoms with Gasteiger partial charge in [0.2, 0.25) is 0 Å². The van der Waals surface area contributed by atoms with Crippen molar-refractivity contribution in [2.24, 2.45) is 7.05 Å². The molecule has 34 heavy (non-hydrogen) atoms. The molecule has 0 bridgehead atoms. The van der Waals surface area contributed by atoms with E-state index in [-0.39, 0.29) is 29.0 Å². The largest absolute Gasteiger partial charge is 0.508 e. The number of para-hydroxylation sites is 1. The van der Waals surface area contributed by atoms with Crippen LogP contribution in [0.4, 0.5) is 0 Å². The lowest BCUT2D eigenvalue weighted by Gasteiger charge is -2.26. The van der Waals surface area contributed by atoms with E-state index in [9.17, 15) is 19.5 Å². The minimum absolute atomic E-state index is 0.0726. The summed E-state index contributed by atoms with van der Waals surface area (Å²) >= 11 is 0. The Morgan fingerprint density at radius 1 is 1.00 bits per heavy atom.